The van der Waals surface area contributed by atoms with Gasteiger partial charge in [-0.1, -0.05) is 0 Å². The molecule has 0 unspecified atom stereocenters. The van der Waals surface area contributed by atoms with Crippen LogP contribution in [0.3, 0.4) is 0 Å². The van der Waals surface area contributed by atoms with Gasteiger partial charge in [0.05, 0.1) is 0 Å². The quantitative estimate of drug-likeness (QED) is 0.238. The third-order valence-corrected chi connectivity index (χ3v) is 13.6. The van der Waals surface area contributed by atoms with Gasteiger partial charge in [0.15, 0.2) is 0 Å². The fourth-order valence-corrected chi connectivity index (χ4v) is 7.52. The van der Waals surface area contributed by atoms with Gasteiger partial charge in [-0.2, -0.15) is 0 Å². The van der Waals surface area contributed by atoms with Crippen LogP contribution in [0, 0.1) is 0 Å². The van der Waals surface area contributed by atoms with E-state index in [4.69, 9.17) is 16.2 Å². The molecular formula is C27H42ClN2P. The van der Waals surface area contributed by atoms with Crippen LogP contribution in [0.1, 0.15) is 80.4 Å². The van der Waals surface area contributed by atoms with Crippen LogP contribution in [0.25, 0.3) is 0 Å². The Morgan fingerprint density at radius 1 is 0.742 bits per heavy atom. The van der Waals surface area contributed by atoms with Gasteiger partial charge >= 0.3 is 196 Å². The second-order valence-corrected chi connectivity index (χ2v) is 17.3. The first kappa shape index (κ1) is 25.9. The molecule has 0 amide bonds. The predicted octanol–water partition coefficient (Wildman–Crippen LogP) is 9.08. The third-order valence-electron chi connectivity index (χ3n) is 6.06. The van der Waals surface area contributed by atoms with Crippen LogP contribution in [0.5, 0.6) is 0 Å². The van der Waals surface area contributed by atoms with E-state index in [0.29, 0.717) is 11.3 Å². The van der Waals surface area contributed by atoms with E-state index in [2.05, 4.69) is 122 Å². The van der Waals surface area contributed by atoms with E-state index >= 15 is 0 Å². The maximum atomic E-state index is 7.46. The Morgan fingerprint density at radius 3 is 1.48 bits per heavy atom. The summed E-state index contributed by atoms with van der Waals surface area (Å²) in [7, 11) is 0. The summed E-state index contributed by atoms with van der Waals surface area (Å²) < 4.78 is 2.29. The molecule has 172 valence electrons. The van der Waals surface area contributed by atoms with Gasteiger partial charge < -0.3 is 0 Å². The van der Waals surface area contributed by atoms with E-state index in [1.54, 1.807) is 0 Å². The topological polar surface area (TPSA) is 15.6 Å². The van der Waals surface area contributed by atoms with Crippen LogP contribution < -0.4 is 4.67 Å². The molecule has 0 spiro atoms. The molecule has 0 fully saturated rings. The van der Waals surface area contributed by atoms with Crippen LogP contribution in [-0.2, 0) is 10.8 Å². The van der Waals surface area contributed by atoms with Crippen LogP contribution >= 0.6 is 18.0 Å². The molecule has 2 rings (SSSR count). The van der Waals surface area contributed by atoms with E-state index in [1.807, 2.05) is 6.34 Å². The monoisotopic (exact) mass is 460 g/mol. The zero-order valence-electron chi connectivity index (χ0n) is 21.1. The molecule has 0 aromatic heterocycles. The molecule has 0 atom stereocenters. The van der Waals surface area contributed by atoms with Gasteiger partial charge in [0.25, 0.3) is 0 Å². The normalized spacial score (nSPS) is 14.0. The first-order valence-electron chi connectivity index (χ1n) is 11.4. The van der Waals surface area contributed by atoms with Crippen molar-refractivity contribution in [2.45, 2.75) is 91.4 Å². The van der Waals surface area contributed by atoms with Crippen molar-refractivity contribution in [3.8, 4) is 0 Å². The molecule has 0 aliphatic carbocycles. The van der Waals surface area contributed by atoms with Gasteiger partial charge in [0.2, 0.25) is 0 Å². The molecule has 0 bridgehead atoms. The number of benzene rings is 2. The van der Waals surface area contributed by atoms with Crippen molar-refractivity contribution >= 4 is 35.7 Å². The van der Waals surface area contributed by atoms with Crippen molar-refractivity contribution in [1.82, 2.24) is 0 Å². The Kier molecular flexibility index (Phi) is 8.05. The molecular weight excluding hydrogens is 419 g/mol. The summed E-state index contributed by atoms with van der Waals surface area (Å²) in [5, 5.41) is 0. The standard InChI is InChI=1S/C27H42ClN2P/c1-20(2)31(28,21(3)4)30(25-17-13-23(14-18-25)27(8,9)10)19-29-24-15-11-22(12-16-24)26(5,6)7/h11-21,31H,1-10H3/b29-19+. The van der Waals surface area contributed by atoms with Crippen molar-refractivity contribution in [2.24, 2.45) is 4.99 Å². The van der Waals surface area contributed by atoms with Gasteiger partial charge in [0, 0.05) is 0 Å². The average Bonchev–Trinajstić information content (AvgIpc) is 2.67. The molecule has 0 aliphatic rings. The zero-order chi connectivity index (χ0) is 23.6. The first-order chi connectivity index (χ1) is 14.2. The number of halogens is 1. The maximum absolute atomic E-state index is 7.46. The average molecular weight is 461 g/mol. The minimum atomic E-state index is -2.38. The van der Waals surface area contributed by atoms with E-state index in [1.165, 1.54) is 11.1 Å². The molecule has 0 N–H and O–H groups in total. The summed E-state index contributed by atoms with van der Waals surface area (Å²) in [5.41, 5.74) is 5.69. The fraction of sp³-hybridized carbons (Fsp3) is 0.519. The number of rotatable bonds is 6. The number of hydrogen-bond donors (Lipinski definition) is 0. The second kappa shape index (κ2) is 9.63. The first-order valence-corrected chi connectivity index (χ1v) is 14.5. The molecule has 0 saturated carbocycles. The van der Waals surface area contributed by atoms with Crippen molar-refractivity contribution in [3.05, 3.63) is 59.7 Å². The van der Waals surface area contributed by atoms with Crippen LogP contribution in [0.15, 0.2) is 53.5 Å². The molecule has 0 aliphatic heterocycles. The molecule has 0 radical (unpaired) electrons. The van der Waals surface area contributed by atoms with Crippen molar-refractivity contribution < 1.29 is 0 Å². The predicted molar refractivity (Wildman–Crippen MR) is 145 cm³/mol. The van der Waals surface area contributed by atoms with Crippen molar-refractivity contribution in [1.29, 1.82) is 0 Å². The SMILES string of the molecule is CC(C)[PH](Cl)(C(C)C)N(/C=N/c1ccc(C(C)(C)C)cc1)c1ccc(C(C)(C)C)cc1. The molecule has 0 heterocycles. The van der Waals surface area contributed by atoms with Gasteiger partial charge in [-0.05, 0) is 0 Å². The van der Waals surface area contributed by atoms with Gasteiger partial charge in [-0.15, -0.1) is 0 Å². The number of hydrogen-bond acceptors (Lipinski definition) is 1. The molecule has 2 aromatic rings. The van der Waals surface area contributed by atoms with Crippen LogP contribution in [0.2, 0.25) is 0 Å². The van der Waals surface area contributed by atoms with E-state index in [-0.39, 0.29) is 10.8 Å². The third kappa shape index (κ3) is 6.11. The molecule has 2 aromatic carbocycles. The van der Waals surface area contributed by atoms with E-state index < -0.39 is 6.77 Å². The second-order valence-electron chi connectivity index (χ2n) is 11.2. The zero-order valence-corrected chi connectivity index (χ0v) is 22.9. The Bertz CT molecular complexity index is 861. The molecule has 4 heteroatoms. The number of nitrogens with zero attached hydrogens (tertiary/aromatic N) is 2. The summed E-state index contributed by atoms with van der Waals surface area (Å²) in [6.07, 6.45) is 1.97. The summed E-state index contributed by atoms with van der Waals surface area (Å²) in [4.78, 5) is 4.86. The van der Waals surface area contributed by atoms with Gasteiger partial charge in [0.1, 0.15) is 0 Å². The molecule has 2 nitrogen and oxygen atoms in total. The van der Waals surface area contributed by atoms with Crippen molar-refractivity contribution in [2.75, 3.05) is 4.67 Å². The van der Waals surface area contributed by atoms with Crippen LogP contribution in [-0.4, -0.2) is 17.7 Å². The summed E-state index contributed by atoms with van der Waals surface area (Å²) in [6, 6.07) is 17.4. The fourth-order valence-electron chi connectivity index (χ4n) is 3.87. The van der Waals surface area contributed by atoms with Gasteiger partial charge in [-0.25, -0.2) is 0 Å². The Hall–Kier alpha value is -1.37. The Labute approximate surface area is 196 Å². The Balaban J connectivity index is 2.49. The summed E-state index contributed by atoms with van der Waals surface area (Å²) >= 11 is 7.46. The Morgan fingerprint density at radius 2 is 1.13 bits per heavy atom. The van der Waals surface area contributed by atoms with Crippen LogP contribution in [0.4, 0.5) is 11.4 Å². The number of anilines is 1. The summed E-state index contributed by atoms with van der Waals surface area (Å²) in [5.74, 6) is 0. The van der Waals surface area contributed by atoms with E-state index in [9.17, 15) is 0 Å². The molecule has 31 heavy (non-hydrogen) atoms. The van der Waals surface area contributed by atoms with Gasteiger partial charge in [-0.3, -0.25) is 0 Å². The molecule has 0 saturated heterocycles. The van der Waals surface area contributed by atoms with E-state index in [0.717, 1.165) is 11.4 Å². The van der Waals surface area contributed by atoms with Crippen molar-refractivity contribution in [3.63, 3.8) is 0 Å². The number of aliphatic imine (C=N–C) groups is 1. The minimum absolute atomic E-state index is 0.123. The summed E-state index contributed by atoms with van der Waals surface area (Å²) in [6.45, 7) is 20.0.